The van der Waals surface area contributed by atoms with Gasteiger partial charge in [0.2, 0.25) is 0 Å². The summed E-state index contributed by atoms with van der Waals surface area (Å²) in [4.78, 5) is 25.2. The number of ether oxygens (including phenoxy) is 1. The Morgan fingerprint density at radius 3 is 2.60 bits per heavy atom. The fraction of sp³-hybridized carbons (Fsp3) is 0.722. The second-order valence-corrected chi connectivity index (χ2v) is 8.00. The quantitative estimate of drug-likeness (QED) is 0.509. The molecule has 2 aliphatic carbocycles. The summed E-state index contributed by atoms with van der Waals surface area (Å²) in [6.07, 6.45) is 9.26. The summed E-state index contributed by atoms with van der Waals surface area (Å²) >= 11 is 1.78. The molecule has 0 bridgehead atoms. The minimum Gasteiger partial charge on any atom is -0.467 e. The number of aromatic nitrogens is 2. The first-order valence-corrected chi connectivity index (χ1v) is 10.4. The maximum atomic E-state index is 12.8. The molecule has 1 aromatic heterocycles. The first kappa shape index (κ1) is 18.3. The van der Waals surface area contributed by atoms with E-state index in [1.807, 2.05) is 0 Å². The van der Waals surface area contributed by atoms with Crippen LogP contribution in [0.2, 0.25) is 0 Å². The van der Waals surface area contributed by atoms with Crippen molar-refractivity contribution >= 4 is 23.6 Å². The van der Waals surface area contributed by atoms with Gasteiger partial charge in [-0.15, -0.1) is 0 Å². The lowest BCUT2D eigenvalue weighted by Gasteiger charge is -2.26. The van der Waals surface area contributed by atoms with E-state index >= 15 is 0 Å². The Morgan fingerprint density at radius 1 is 1.36 bits per heavy atom. The van der Waals surface area contributed by atoms with Crippen molar-refractivity contribution in [2.45, 2.75) is 44.7 Å². The van der Waals surface area contributed by atoms with Crippen molar-refractivity contribution in [3.63, 3.8) is 0 Å². The fourth-order valence-electron chi connectivity index (χ4n) is 3.61. The van der Waals surface area contributed by atoms with Crippen LogP contribution in [0.25, 0.3) is 0 Å². The number of thioether (sulfide) groups is 1. The zero-order valence-corrected chi connectivity index (χ0v) is 15.8. The van der Waals surface area contributed by atoms with E-state index in [9.17, 15) is 9.59 Å². The van der Waals surface area contributed by atoms with E-state index in [1.165, 1.54) is 7.11 Å². The number of aryl methyl sites for hydroxylation is 1. The third-order valence-corrected chi connectivity index (χ3v) is 5.82. The van der Waals surface area contributed by atoms with E-state index < -0.39 is 6.04 Å². The maximum Gasteiger partial charge on any atom is 0.328 e. The normalized spacial score (nSPS) is 18.2. The third-order valence-electron chi connectivity index (χ3n) is 5.13. The highest BCUT2D eigenvalue weighted by Crippen LogP contribution is 2.50. The van der Waals surface area contributed by atoms with Gasteiger partial charge in [-0.1, -0.05) is 0 Å². The lowest BCUT2D eigenvalue weighted by molar-refractivity contribution is -0.145. The van der Waals surface area contributed by atoms with Crippen molar-refractivity contribution in [3.8, 4) is 0 Å². The molecule has 2 saturated carbocycles. The molecule has 2 aliphatic rings. The van der Waals surface area contributed by atoms with Gasteiger partial charge in [0.05, 0.1) is 7.11 Å². The zero-order chi connectivity index (χ0) is 17.8. The van der Waals surface area contributed by atoms with Crippen LogP contribution in [0.15, 0.2) is 12.3 Å². The number of carbonyl (C=O) groups is 2. The largest absolute Gasteiger partial charge is 0.467 e. The molecule has 6 nitrogen and oxygen atoms in total. The summed E-state index contributed by atoms with van der Waals surface area (Å²) in [7, 11) is 1.39. The highest BCUT2D eigenvalue weighted by molar-refractivity contribution is 7.98. The molecule has 138 valence electrons. The minimum absolute atomic E-state index is 0.212. The summed E-state index contributed by atoms with van der Waals surface area (Å²) in [5, 5.41) is 7.22. The van der Waals surface area contributed by atoms with Crippen LogP contribution in [0.1, 0.15) is 42.6 Å². The second kappa shape index (κ2) is 8.25. The average Bonchev–Trinajstić information content (AvgIpc) is 3.54. The molecular formula is C18H27N3O3S. The second-order valence-electron chi connectivity index (χ2n) is 7.01. The molecule has 3 rings (SSSR count). The van der Waals surface area contributed by atoms with E-state index in [0.717, 1.165) is 37.9 Å². The van der Waals surface area contributed by atoms with Crippen molar-refractivity contribution in [1.29, 1.82) is 0 Å². The fourth-order valence-corrected chi connectivity index (χ4v) is 4.03. The van der Waals surface area contributed by atoms with Crippen LogP contribution in [0.5, 0.6) is 0 Å². The van der Waals surface area contributed by atoms with Crippen LogP contribution in [0.4, 0.5) is 0 Å². The van der Waals surface area contributed by atoms with Crippen molar-refractivity contribution in [1.82, 2.24) is 15.1 Å². The van der Waals surface area contributed by atoms with Gasteiger partial charge in [0.25, 0.3) is 5.91 Å². The molecule has 0 aromatic carbocycles. The van der Waals surface area contributed by atoms with E-state index in [-0.39, 0.29) is 17.8 Å². The van der Waals surface area contributed by atoms with E-state index in [4.69, 9.17) is 4.74 Å². The molecule has 7 heteroatoms. The molecule has 1 heterocycles. The predicted molar refractivity (Wildman–Crippen MR) is 97.4 cm³/mol. The summed E-state index contributed by atoms with van der Waals surface area (Å²) in [6.45, 7) is 0.703. The van der Waals surface area contributed by atoms with Gasteiger partial charge >= 0.3 is 5.97 Å². The molecule has 1 aromatic rings. The predicted octanol–water partition coefficient (Wildman–Crippen LogP) is 2.34. The Labute approximate surface area is 153 Å². The van der Waals surface area contributed by atoms with Crippen LogP contribution in [0, 0.1) is 17.8 Å². The summed E-state index contributed by atoms with van der Waals surface area (Å²) in [6, 6.07) is 1.17. The van der Waals surface area contributed by atoms with Crippen molar-refractivity contribution in [2.24, 2.45) is 17.8 Å². The summed E-state index contributed by atoms with van der Waals surface area (Å²) < 4.78 is 6.72. The van der Waals surface area contributed by atoms with Gasteiger partial charge < -0.3 is 10.1 Å². The number of hydrogen-bond donors (Lipinski definition) is 1. The Morgan fingerprint density at radius 2 is 2.04 bits per heavy atom. The first-order valence-electron chi connectivity index (χ1n) is 9.05. The van der Waals surface area contributed by atoms with Crippen LogP contribution >= 0.6 is 11.8 Å². The molecule has 1 atom stereocenters. The number of nitrogens with zero attached hydrogens (tertiary/aromatic N) is 2. The molecule has 1 N–H and O–H groups in total. The van der Waals surface area contributed by atoms with Crippen LogP contribution in [-0.2, 0) is 16.1 Å². The number of methoxy groups -OCH3 is 1. The van der Waals surface area contributed by atoms with Gasteiger partial charge in [-0.2, -0.15) is 16.9 Å². The van der Waals surface area contributed by atoms with Crippen molar-refractivity contribution in [2.75, 3.05) is 19.1 Å². The Hall–Kier alpha value is -1.50. The van der Waals surface area contributed by atoms with Crippen LogP contribution in [-0.4, -0.2) is 46.8 Å². The van der Waals surface area contributed by atoms with Crippen molar-refractivity contribution < 1.29 is 14.3 Å². The summed E-state index contributed by atoms with van der Waals surface area (Å²) in [5.41, 5.74) is 0.514. The van der Waals surface area contributed by atoms with Crippen LogP contribution < -0.4 is 5.32 Å². The molecule has 0 saturated heterocycles. The highest BCUT2D eigenvalue weighted by Gasteiger charge is 2.48. The average molecular weight is 365 g/mol. The lowest BCUT2D eigenvalue weighted by atomic mass is 9.89. The number of nitrogens with one attached hydrogen (secondary N) is 1. The Bertz CT molecular complexity index is 598. The molecule has 0 spiro atoms. The molecule has 1 amide bonds. The third kappa shape index (κ3) is 4.57. The zero-order valence-electron chi connectivity index (χ0n) is 14.9. The van der Waals surface area contributed by atoms with Gasteiger partial charge in [-0.05, 0) is 67.9 Å². The number of hydrogen-bond acceptors (Lipinski definition) is 5. The molecule has 0 radical (unpaired) electrons. The number of amides is 1. The molecule has 0 unspecified atom stereocenters. The Kier molecular flexibility index (Phi) is 6.04. The summed E-state index contributed by atoms with van der Waals surface area (Å²) in [5.74, 6) is 1.77. The first-order chi connectivity index (χ1) is 12.2. The SMILES string of the molecule is COC(=O)[C@@H](NC(=O)c1ccnn1CCCSC)C(C1CC1)C1CC1. The maximum absolute atomic E-state index is 12.8. The van der Waals surface area contributed by atoms with Crippen molar-refractivity contribution in [3.05, 3.63) is 18.0 Å². The number of esters is 1. The topological polar surface area (TPSA) is 73.2 Å². The lowest BCUT2D eigenvalue weighted by Crippen LogP contribution is -2.48. The highest BCUT2D eigenvalue weighted by atomic mass is 32.2. The standard InChI is InChI=1S/C18H27N3O3S/c1-24-18(23)16(15(12-4-5-12)13-6-7-13)20-17(22)14-8-9-19-21(14)10-3-11-25-2/h8-9,12-13,15-16H,3-7,10-11H2,1-2H3,(H,20,22)/t16-/m0/s1. The van der Waals surface area contributed by atoms with Gasteiger partial charge in [-0.3, -0.25) is 9.48 Å². The van der Waals surface area contributed by atoms with Crippen LogP contribution in [0.3, 0.4) is 0 Å². The number of rotatable bonds is 10. The van der Waals surface area contributed by atoms with E-state index in [2.05, 4.69) is 16.7 Å². The van der Waals surface area contributed by atoms with Gasteiger partial charge in [0, 0.05) is 12.7 Å². The van der Waals surface area contributed by atoms with E-state index in [0.29, 0.717) is 24.1 Å². The monoisotopic (exact) mass is 365 g/mol. The van der Waals surface area contributed by atoms with Gasteiger partial charge in [-0.25, -0.2) is 4.79 Å². The van der Waals surface area contributed by atoms with Gasteiger partial charge in [0.15, 0.2) is 0 Å². The molecule has 2 fully saturated rings. The Balaban J connectivity index is 1.70. The molecular weight excluding hydrogens is 338 g/mol. The smallest absolute Gasteiger partial charge is 0.328 e. The number of carbonyl (C=O) groups excluding carboxylic acids is 2. The van der Waals surface area contributed by atoms with Gasteiger partial charge in [0.1, 0.15) is 11.7 Å². The van der Waals surface area contributed by atoms with E-state index in [1.54, 1.807) is 28.7 Å². The molecule has 25 heavy (non-hydrogen) atoms. The minimum atomic E-state index is -0.549. The molecule has 0 aliphatic heterocycles.